The van der Waals surface area contributed by atoms with Crippen molar-refractivity contribution in [2.24, 2.45) is 0 Å². The SMILES string of the molecule is Nc1ccc2cc3ccc(N)cc3[n+](CCCC(=O)NCc3ccc(C(=O)NCc4ccc(COc5cc(N)nc6nc[nH]c56)cc4)cc3)c2c1.Nc1ccc2cc3ccc(N)cc3[n+](CCCC(=O)NS)c2c1. The lowest BCUT2D eigenvalue weighted by Crippen LogP contribution is -2.36. The molecule has 0 saturated carbocycles. The van der Waals surface area contributed by atoms with Crippen molar-refractivity contribution in [3.8, 4) is 5.75 Å². The number of amides is 3. The number of nitrogens with one attached hydrogen (secondary N) is 4. The summed E-state index contributed by atoms with van der Waals surface area (Å²) < 4.78 is 12.7. The van der Waals surface area contributed by atoms with Crippen LogP contribution in [0.5, 0.6) is 5.75 Å². The van der Waals surface area contributed by atoms with Gasteiger partial charge in [-0.25, -0.2) is 9.97 Å². The van der Waals surface area contributed by atoms with E-state index in [-0.39, 0.29) is 17.7 Å². The van der Waals surface area contributed by atoms with E-state index in [1.54, 1.807) is 24.5 Å². The van der Waals surface area contributed by atoms with Gasteiger partial charge in [0.15, 0.2) is 11.4 Å². The highest BCUT2D eigenvalue weighted by Gasteiger charge is 2.19. The van der Waals surface area contributed by atoms with E-state index in [4.69, 9.17) is 33.4 Å². The van der Waals surface area contributed by atoms with Crippen molar-refractivity contribution >= 4 is 114 Å². The first-order valence-electron chi connectivity index (χ1n) is 24.1. The van der Waals surface area contributed by atoms with Crippen LogP contribution in [-0.2, 0) is 42.4 Å². The Hall–Kier alpha value is -9.16. The molecule has 0 fully saturated rings. The molecule has 0 aliphatic rings. The van der Waals surface area contributed by atoms with Crippen LogP contribution in [0.1, 0.15) is 52.7 Å². The minimum Gasteiger partial charge on any atom is -0.486 e. The van der Waals surface area contributed by atoms with Gasteiger partial charge in [-0.3, -0.25) is 14.4 Å². The van der Waals surface area contributed by atoms with Gasteiger partial charge >= 0.3 is 0 Å². The molecule has 74 heavy (non-hydrogen) atoms. The number of ether oxygens (including phenoxy) is 1. The molecule has 0 saturated heterocycles. The molecule has 0 radical (unpaired) electrons. The normalized spacial score (nSPS) is 11.1. The maximum absolute atomic E-state index is 12.8. The van der Waals surface area contributed by atoms with Crippen molar-refractivity contribution in [1.82, 2.24) is 30.3 Å². The summed E-state index contributed by atoms with van der Waals surface area (Å²) in [6.45, 7) is 2.41. The van der Waals surface area contributed by atoms with Crippen LogP contribution >= 0.6 is 12.8 Å². The first-order chi connectivity index (χ1) is 35.9. The second-order valence-corrected chi connectivity index (χ2v) is 18.2. The molecule has 0 unspecified atom stereocenters. The van der Waals surface area contributed by atoms with Gasteiger partial charge in [0.25, 0.3) is 5.91 Å². The van der Waals surface area contributed by atoms with Crippen LogP contribution in [0.3, 0.4) is 0 Å². The first-order valence-corrected chi connectivity index (χ1v) is 24.5. The van der Waals surface area contributed by atoms with Gasteiger partial charge in [0.2, 0.25) is 33.9 Å². The molecule has 0 aliphatic heterocycles. The molecular weight excluding hydrogens is 951 g/mol. The minimum absolute atomic E-state index is 0.0456. The van der Waals surface area contributed by atoms with Crippen LogP contribution in [0.15, 0.2) is 146 Å². The summed E-state index contributed by atoms with van der Waals surface area (Å²) in [5.74, 6) is 0.606. The van der Waals surface area contributed by atoms with E-state index in [1.807, 2.05) is 109 Å². The molecule has 10 aromatic rings. The molecule has 4 aromatic heterocycles. The number of nitrogens with two attached hydrogens (primary N) is 5. The summed E-state index contributed by atoms with van der Waals surface area (Å²) in [4.78, 5) is 48.3. The van der Waals surface area contributed by atoms with Gasteiger partial charge < -0.3 is 53.7 Å². The molecule has 0 aliphatic carbocycles. The van der Waals surface area contributed by atoms with E-state index in [2.05, 4.69) is 64.4 Å². The van der Waals surface area contributed by atoms with E-state index < -0.39 is 0 Å². The fraction of sp³-hybridized carbons (Fsp3) is 0.161. The fourth-order valence-corrected chi connectivity index (χ4v) is 9.00. The van der Waals surface area contributed by atoms with Gasteiger partial charge in [-0.2, -0.15) is 9.13 Å². The number of nitrogen functional groups attached to an aromatic ring is 5. The molecule has 10 rings (SSSR count). The summed E-state index contributed by atoms with van der Waals surface area (Å²) >= 11 is 3.78. The third-order valence-corrected chi connectivity index (χ3v) is 12.9. The third kappa shape index (κ3) is 11.9. The van der Waals surface area contributed by atoms with Crippen molar-refractivity contribution in [2.75, 3.05) is 28.7 Å². The summed E-state index contributed by atoms with van der Waals surface area (Å²) in [6.07, 6.45) is 3.67. The Balaban J connectivity index is 0.000000243. The van der Waals surface area contributed by atoms with Gasteiger partial charge in [0.05, 0.1) is 6.33 Å². The van der Waals surface area contributed by atoms with Crippen LogP contribution in [0, 0.1) is 0 Å². The quantitative estimate of drug-likeness (QED) is 0.0202. The molecule has 18 heteroatoms. The summed E-state index contributed by atoms with van der Waals surface area (Å²) in [5.41, 5.74) is 41.4. The largest absolute Gasteiger partial charge is 0.486 e. The number of benzene rings is 6. The van der Waals surface area contributed by atoms with Gasteiger partial charge in [-0.15, -0.1) is 0 Å². The van der Waals surface area contributed by atoms with Gasteiger partial charge in [-0.1, -0.05) is 49.2 Å². The van der Waals surface area contributed by atoms with Gasteiger partial charge in [-0.05, 0) is 89.5 Å². The summed E-state index contributed by atoms with van der Waals surface area (Å²) in [6, 6.07) is 44.4. The predicted octanol–water partition coefficient (Wildman–Crippen LogP) is 7.09. The van der Waals surface area contributed by atoms with Crippen molar-refractivity contribution in [2.45, 2.75) is 58.5 Å². The lowest BCUT2D eigenvalue weighted by molar-refractivity contribution is -0.645. The number of nitrogens with zero attached hydrogens (tertiary/aromatic N) is 4. The Kier molecular flexibility index (Phi) is 15.1. The van der Waals surface area contributed by atoms with Crippen LogP contribution in [0.25, 0.3) is 54.8 Å². The Bertz CT molecular complexity index is 3580. The zero-order valence-electron chi connectivity index (χ0n) is 40.5. The number of aromatic nitrogens is 5. The van der Waals surface area contributed by atoms with Gasteiger partial charge in [0, 0.05) is 119 Å². The summed E-state index contributed by atoms with van der Waals surface area (Å²) in [5, 5.41) is 10.3. The molecule has 0 atom stereocenters. The van der Waals surface area contributed by atoms with E-state index in [0.29, 0.717) is 110 Å². The molecule has 0 bridgehead atoms. The fourth-order valence-electron chi connectivity index (χ4n) is 8.88. The van der Waals surface area contributed by atoms with Crippen molar-refractivity contribution in [3.05, 3.63) is 168 Å². The van der Waals surface area contributed by atoms with E-state index >= 15 is 0 Å². The number of hydrogen-bond donors (Lipinski definition) is 10. The van der Waals surface area contributed by atoms with E-state index in [9.17, 15) is 14.4 Å². The number of thiol groups is 1. The third-order valence-electron chi connectivity index (χ3n) is 12.7. The zero-order valence-corrected chi connectivity index (χ0v) is 41.4. The van der Waals surface area contributed by atoms with E-state index in [1.165, 1.54) is 0 Å². The standard InChI is InChI=1S/C39H37N9O3.C17H18N4OS/c40-30-13-11-28-16-29-12-14-31(41)18-33(29)48(32(28)17-30)15-1-2-36(49)43-20-25-7-9-27(10-8-25)39(50)44-21-24-3-5-26(6-4-24)22-51-34-19-35(42)47-38-37(34)45-23-46-38;18-13-5-3-11-8-12-4-6-14(19)10-16(12)21(15(11)9-13)7-1-2-17(22)20-23/h3-14,16-19,23H,1-2,15,20-22H2,(H8,40,41,42,43,44,45,46,47,49,50);3-6,8-10H,1-2,7H2,(H5,18,19,20,22,23)/p+2. The second kappa shape index (κ2) is 22.5. The van der Waals surface area contributed by atoms with Crippen molar-refractivity contribution in [3.63, 3.8) is 0 Å². The maximum atomic E-state index is 12.8. The average molecular weight is 1010 g/mol. The number of aromatic amines is 1. The predicted molar refractivity (Wildman–Crippen MR) is 295 cm³/mol. The van der Waals surface area contributed by atoms with Crippen LogP contribution < -0.4 is 57.9 Å². The first kappa shape index (κ1) is 49.8. The number of anilines is 5. The molecule has 17 nitrogen and oxygen atoms in total. The molecular formula is C56H57N13O4S+2. The average Bonchev–Trinajstić information content (AvgIpc) is 3.88. The number of H-pyrrole nitrogens is 1. The molecule has 6 aromatic carbocycles. The highest BCUT2D eigenvalue weighted by Crippen LogP contribution is 2.26. The second-order valence-electron chi connectivity index (χ2n) is 18.0. The van der Waals surface area contributed by atoms with Gasteiger partial charge in [0.1, 0.15) is 31.0 Å². The van der Waals surface area contributed by atoms with Crippen molar-refractivity contribution < 1.29 is 28.3 Å². The van der Waals surface area contributed by atoms with Crippen LogP contribution in [0.4, 0.5) is 28.6 Å². The number of aryl methyl sites for hydroxylation is 2. The highest BCUT2D eigenvalue weighted by atomic mass is 32.1. The lowest BCUT2D eigenvalue weighted by Gasteiger charge is -2.10. The molecule has 14 N–H and O–H groups in total. The summed E-state index contributed by atoms with van der Waals surface area (Å²) in [7, 11) is 0. The van der Waals surface area contributed by atoms with Crippen molar-refractivity contribution in [1.29, 1.82) is 0 Å². The maximum Gasteiger partial charge on any atom is 0.251 e. The topological polar surface area (TPSA) is 276 Å². The number of imidazole rings is 1. The molecule has 3 amide bonds. The van der Waals surface area contributed by atoms with Crippen LogP contribution in [0.2, 0.25) is 0 Å². The Morgan fingerprint density at radius 2 is 1.01 bits per heavy atom. The lowest BCUT2D eigenvalue weighted by atomic mass is 10.1. The molecule has 0 spiro atoms. The van der Waals surface area contributed by atoms with E-state index in [0.717, 1.165) is 60.3 Å². The Morgan fingerprint density at radius 3 is 1.51 bits per heavy atom. The Labute approximate surface area is 431 Å². The molecule has 374 valence electrons. The Morgan fingerprint density at radius 1 is 0.554 bits per heavy atom. The number of carbonyl (C=O) groups excluding carboxylic acids is 3. The monoisotopic (exact) mass is 1010 g/mol. The number of hydrogen-bond acceptors (Lipinski definition) is 12. The minimum atomic E-state index is -0.182. The highest BCUT2D eigenvalue weighted by molar-refractivity contribution is 7.78. The number of carbonyl (C=O) groups is 3. The van der Waals surface area contributed by atoms with Crippen LogP contribution in [-0.4, -0.2) is 32.7 Å². The number of pyridine rings is 3. The zero-order chi connectivity index (χ0) is 51.7. The number of rotatable bonds is 16. The molecule has 4 heterocycles. The number of fused-ring (bicyclic) bond motifs is 5. The smallest absolute Gasteiger partial charge is 0.251 e.